The zero-order chi connectivity index (χ0) is 14.1. The molecule has 3 aromatic rings. The maximum absolute atomic E-state index is 6.45. The topological polar surface area (TPSA) is 12.9 Å². The van der Waals surface area contributed by atoms with Gasteiger partial charge in [0.1, 0.15) is 0 Å². The standard InChI is InChI=1S/C18H16ClN/c1-12(2)14-9-6-10-15-16(19)11-17(20-18(14)15)13-7-4-3-5-8-13/h3-12H,1-2H3. The number of fused-ring (bicyclic) bond motifs is 1. The molecule has 2 heteroatoms. The number of nitrogens with zero attached hydrogens (tertiary/aromatic N) is 1. The lowest BCUT2D eigenvalue weighted by Crippen LogP contribution is -1.94. The van der Waals surface area contributed by atoms with Gasteiger partial charge in [-0.05, 0) is 17.5 Å². The van der Waals surface area contributed by atoms with Crippen molar-refractivity contribution in [3.05, 3.63) is 65.2 Å². The molecular formula is C18H16ClN. The monoisotopic (exact) mass is 281 g/mol. The first-order valence-electron chi connectivity index (χ1n) is 6.81. The van der Waals surface area contributed by atoms with Gasteiger partial charge in [0.15, 0.2) is 0 Å². The van der Waals surface area contributed by atoms with Gasteiger partial charge in [0.2, 0.25) is 0 Å². The molecule has 3 rings (SSSR count). The van der Waals surface area contributed by atoms with E-state index in [1.165, 1.54) is 5.56 Å². The molecule has 0 aliphatic rings. The van der Waals surface area contributed by atoms with Gasteiger partial charge in [-0.1, -0.05) is 74.0 Å². The third kappa shape index (κ3) is 2.30. The molecule has 1 nitrogen and oxygen atoms in total. The molecule has 0 radical (unpaired) electrons. The fourth-order valence-corrected chi connectivity index (χ4v) is 2.71. The fourth-order valence-electron chi connectivity index (χ4n) is 2.45. The summed E-state index contributed by atoms with van der Waals surface area (Å²) in [6, 6.07) is 18.3. The second-order valence-corrected chi connectivity index (χ2v) is 5.66. The van der Waals surface area contributed by atoms with Crippen molar-refractivity contribution >= 4 is 22.5 Å². The van der Waals surface area contributed by atoms with Crippen LogP contribution in [0, 0.1) is 0 Å². The van der Waals surface area contributed by atoms with Crippen molar-refractivity contribution in [1.82, 2.24) is 4.98 Å². The van der Waals surface area contributed by atoms with E-state index in [9.17, 15) is 0 Å². The van der Waals surface area contributed by atoms with Crippen LogP contribution in [0.5, 0.6) is 0 Å². The maximum Gasteiger partial charge on any atom is 0.0759 e. The molecule has 0 fully saturated rings. The second-order valence-electron chi connectivity index (χ2n) is 5.25. The Hall–Kier alpha value is -1.86. The average molecular weight is 282 g/mol. The number of pyridine rings is 1. The van der Waals surface area contributed by atoms with Crippen LogP contribution in [0.15, 0.2) is 54.6 Å². The summed E-state index contributed by atoms with van der Waals surface area (Å²) in [5.74, 6) is 0.424. The highest BCUT2D eigenvalue weighted by molar-refractivity contribution is 6.35. The van der Waals surface area contributed by atoms with Crippen LogP contribution in [-0.2, 0) is 0 Å². The van der Waals surface area contributed by atoms with E-state index in [2.05, 4.69) is 32.0 Å². The van der Waals surface area contributed by atoms with Gasteiger partial charge in [-0.15, -0.1) is 0 Å². The highest BCUT2D eigenvalue weighted by Crippen LogP contribution is 2.32. The molecule has 0 saturated carbocycles. The van der Waals surface area contributed by atoms with Gasteiger partial charge in [-0.25, -0.2) is 4.98 Å². The molecular weight excluding hydrogens is 266 g/mol. The summed E-state index contributed by atoms with van der Waals surface area (Å²) < 4.78 is 0. The smallest absolute Gasteiger partial charge is 0.0759 e. The molecule has 0 spiro atoms. The van der Waals surface area contributed by atoms with Crippen LogP contribution in [-0.4, -0.2) is 4.98 Å². The SMILES string of the molecule is CC(C)c1cccc2c(Cl)cc(-c3ccccc3)nc12. The van der Waals surface area contributed by atoms with Crippen molar-refractivity contribution in [1.29, 1.82) is 0 Å². The van der Waals surface area contributed by atoms with Crippen molar-refractivity contribution in [2.75, 3.05) is 0 Å². The molecule has 1 aromatic heterocycles. The zero-order valence-electron chi connectivity index (χ0n) is 11.6. The van der Waals surface area contributed by atoms with Gasteiger partial charge in [-0.3, -0.25) is 0 Å². The predicted octanol–water partition coefficient (Wildman–Crippen LogP) is 5.68. The number of benzene rings is 2. The highest BCUT2D eigenvalue weighted by atomic mass is 35.5. The number of hydrogen-bond donors (Lipinski definition) is 0. The highest BCUT2D eigenvalue weighted by Gasteiger charge is 2.11. The van der Waals surface area contributed by atoms with E-state index in [4.69, 9.17) is 16.6 Å². The van der Waals surface area contributed by atoms with Crippen molar-refractivity contribution in [3.8, 4) is 11.3 Å². The van der Waals surface area contributed by atoms with Crippen LogP contribution in [0.25, 0.3) is 22.2 Å². The van der Waals surface area contributed by atoms with E-state index >= 15 is 0 Å². The van der Waals surface area contributed by atoms with Crippen molar-refractivity contribution in [3.63, 3.8) is 0 Å². The third-order valence-corrected chi connectivity index (χ3v) is 3.82. The molecule has 0 aliphatic heterocycles. The van der Waals surface area contributed by atoms with E-state index in [0.717, 1.165) is 27.2 Å². The Kier molecular flexibility index (Phi) is 3.45. The van der Waals surface area contributed by atoms with E-state index in [0.29, 0.717) is 5.92 Å². The molecule has 0 atom stereocenters. The van der Waals surface area contributed by atoms with Crippen LogP contribution >= 0.6 is 11.6 Å². The summed E-state index contributed by atoms with van der Waals surface area (Å²) in [7, 11) is 0. The van der Waals surface area contributed by atoms with Gasteiger partial charge in [0, 0.05) is 10.9 Å². The van der Waals surface area contributed by atoms with E-state index in [1.54, 1.807) is 0 Å². The first-order chi connectivity index (χ1) is 9.66. The Morgan fingerprint density at radius 2 is 1.70 bits per heavy atom. The molecule has 20 heavy (non-hydrogen) atoms. The van der Waals surface area contributed by atoms with E-state index in [1.807, 2.05) is 36.4 Å². The lowest BCUT2D eigenvalue weighted by molar-refractivity contribution is 0.873. The first-order valence-corrected chi connectivity index (χ1v) is 7.19. The lowest BCUT2D eigenvalue weighted by Gasteiger charge is -2.12. The van der Waals surface area contributed by atoms with Crippen molar-refractivity contribution in [2.45, 2.75) is 19.8 Å². The largest absolute Gasteiger partial charge is 0.247 e. The summed E-state index contributed by atoms with van der Waals surface area (Å²) in [6.45, 7) is 4.36. The predicted molar refractivity (Wildman–Crippen MR) is 86.3 cm³/mol. The molecule has 0 unspecified atom stereocenters. The number of para-hydroxylation sites is 1. The van der Waals surface area contributed by atoms with Crippen LogP contribution in [0.2, 0.25) is 5.02 Å². The Bertz CT molecular complexity index is 748. The molecule has 0 aliphatic carbocycles. The number of aromatic nitrogens is 1. The van der Waals surface area contributed by atoms with E-state index in [-0.39, 0.29) is 0 Å². The van der Waals surface area contributed by atoms with Crippen LogP contribution in [0.4, 0.5) is 0 Å². The van der Waals surface area contributed by atoms with Gasteiger partial charge >= 0.3 is 0 Å². The average Bonchev–Trinajstić information content (AvgIpc) is 2.47. The van der Waals surface area contributed by atoms with E-state index < -0.39 is 0 Å². The summed E-state index contributed by atoms with van der Waals surface area (Å²) in [5.41, 5.74) is 4.27. The Morgan fingerprint density at radius 3 is 2.40 bits per heavy atom. The Labute approximate surface area is 124 Å². The molecule has 0 saturated heterocycles. The van der Waals surface area contributed by atoms with Crippen molar-refractivity contribution < 1.29 is 0 Å². The summed E-state index contributed by atoms with van der Waals surface area (Å²) >= 11 is 6.45. The number of hydrogen-bond acceptors (Lipinski definition) is 1. The first kappa shape index (κ1) is 13.1. The Balaban J connectivity index is 2.30. The summed E-state index contributed by atoms with van der Waals surface area (Å²) in [6.07, 6.45) is 0. The third-order valence-electron chi connectivity index (χ3n) is 3.51. The maximum atomic E-state index is 6.45. The number of halogens is 1. The number of rotatable bonds is 2. The second kappa shape index (κ2) is 5.26. The van der Waals surface area contributed by atoms with Crippen LogP contribution in [0.1, 0.15) is 25.3 Å². The minimum absolute atomic E-state index is 0.424. The normalized spacial score (nSPS) is 11.2. The lowest BCUT2D eigenvalue weighted by atomic mass is 9.99. The Morgan fingerprint density at radius 1 is 0.950 bits per heavy atom. The van der Waals surface area contributed by atoms with Gasteiger partial charge in [0.05, 0.1) is 16.2 Å². The molecule has 0 amide bonds. The summed E-state index contributed by atoms with van der Waals surface area (Å²) in [4.78, 5) is 4.84. The molecule has 0 bridgehead atoms. The zero-order valence-corrected chi connectivity index (χ0v) is 12.4. The van der Waals surface area contributed by atoms with Crippen LogP contribution < -0.4 is 0 Å². The van der Waals surface area contributed by atoms with Gasteiger partial charge < -0.3 is 0 Å². The van der Waals surface area contributed by atoms with Gasteiger partial charge in [-0.2, -0.15) is 0 Å². The summed E-state index contributed by atoms with van der Waals surface area (Å²) in [5, 5.41) is 1.79. The quantitative estimate of drug-likeness (QED) is 0.589. The van der Waals surface area contributed by atoms with Gasteiger partial charge in [0.25, 0.3) is 0 Å². The molecule has 100 valence electrons. The fraction of sp³-hybridized carbons (Fsp3) is 0.167. The molecule has 2 aromatic carbocycles. The van der Waals surface area contributed by atoms with Crippen molar-refractivity contribution in [2.24, 2.45) is 0 Å². The molecule has 0 N–H and O–H groups in total. The minimum Gasteiger partial charge on any atom is -0.247 e. The molecule has 1 heterocycles. The van der Waals surface area contributed by atoms with Crippen LogP contribution in [0.3, 0.4) is 0 Å². The minimum atomic E-state index is 0.424.